The number of rotatable bonds is 10. The van der Waals surface area contributed by atoms with E-state index in [-0.39, 0.29) is 13.0 Å². The predicted octanol–water partition coefficient (Wildman–Crippen LogP) is 1.63. The number of H-pyrrole nitrogens is 1. The van der Waals surface area contributed by atoms with Crippen molar-refractivity contribution in [2.75, 3.05) is 13.6 Å². The number of nitrogens with zero attached hydrogens (tertiary/aromatic N) is 2. The van der Waals surface area contributed by atoms with Gasteiger partial charge in [-0.25, -0.2) is 4.98 Å². The largest absolute Gasteiger partial charge is 0.414 e. The van der Waals surface area contributed by atoms with Crippen molar-refractivity contribution in [2.24, 2.45) is 0 Å². The zero-order valence-electron chi connectivity index (χ0n) is 16.6. The van der Waals surface area contributed by atoms with E-state index >= 15 is 0 Å². The van der Waals surface area contributed by atoms with Crippen LogP contribution >= 0.6 is 0 Å². The van der Waals surface area contributed by atoms with Crippen LogP contribution in [0.15, 0.2) is 18.2 Å². The van der Waals surface area contributed by atoms with Crippen LogP contribution in [0.25, 0.3) is 11.0 Å². The fraction of sp³-hybridized carbons (Fsp3) is 0.556. The molecule has 11 heteroatoms. The lowest BCUT2D eigenvalue weighted by Crippen LogP contribution is -2.54. The van der Waals surface area contributed by atoms with Gasteiger partial charge in [0.1, 0.15) is 5.82 Å². The number of ether oxygens (including phenoxy) is 1. The fourth-order valence-electron chi connectivity index (χ4n) is 2.81. The van der Waals surface area contributed by atoms with Crippen LogP contribution in [0.1, 0.15) is 25.2 Å². The molecular formula is C18H23B2F3N4O2. The lowest BCUT2D eigenvalue weighted by Gasteiger charge is -2.36. The second kappa shape index (κ2) is 9.21. The van der Waals surface area contributed by atoms with Crippen LogP contribution in [0, 0.1) is 0 Å². The molecule has 0 saturated heterocycles. The van der Waals surface area contributed by atoms with Gasteiger partial charge in [0.25, 0.3) is 0 Å². The molecule has 2 N–H and O–H groups in total. The van der Waals surface area contributed by atoms with Crippen LogP contribution in [0.3, 0.4) is 0 Å². The Kier molecular flexibility index (Phi) is 7.40. The SMILES string of the molecule is [B]C([B])(CNC=O)N(C)Cc1ccc2nc(C[C@@H](C)OC(C)C(F)(F)F)[nH]c2c1. The lowest BCUT2D eigenvalue weighted by atomic mass is 9.60. The molecule has 1 heterocycles. The molecule has 0 spiro atoms. The van der Waals surface area contributed by atoms with Gasteiger partial charge in [0, 0.05) is 19.5 Å². The van der Waals surface area contributed by atoms with E-state index in [1.807, 2.05) is 12.1 Å². The summed E-state index contributed by atoms with van der Waals surface area (Å²) in [4.78, 5) is 19.7. The number of carbonyl (C=O) groups excluding carboxylic acids is 1. The van der Waals surface area contributed by atoms with E-state index in [0.29, 0.717) is 24.3 Å². The van der Waals surface area contributed by atoms with E-state index < -0.39 is 23.7 Å². The maximum absolute atomic E-state index is 12.6. The third-order valence-electron chi connectivity index (χ3n) is 4.57. The Morgan fingerprint density at radius 3 is 2.66 bits per heavy atom. The van der Waals surface area contributed by atoms with Crippen LogP contribution < -0.4 is 5.32 Å². The quantitative estimate of drug-likeness (QED) is 0.465. The lowest BCUT2D eigenvalue weighted by molar-refractivity contribution is -0.224. The van der Waals surface area contributed by atoms with Crippen LogP contribution in [0.2, 0.25) is 0 Å². The highest BCUT2D eigenvalue weighted by Crippen LogP contribution is 2.24. The minimum atomic E-state index is -4.40. The van der Waals surface area contributed by atoms with Crippen molar-refractivity contribution < 1.29 is 22.7 Å². The number of nitrogens with one attached hydrogen (secondary N) is 2. The number of carbonyl (C=O) groups is 1. The number of benzene rings is 1. The van der Waals surface area contributed by atoms with Crippen molar-refractivity contribution in [3.8, 4) is 0 Å². The number of likely N-dealkylation sites (N-methyl/N-ethyl adjacent to an activating group) is 1. The second-order valence-electron chi connectivity index (χ2n) is 7.22. The molecule has 2 rings (SSSR count). The van der Waals surface area contributed by atoms with Crippen molar-refractivity contribution in [2.45, 2.75) is 50.5 Å². The van der Waals surface area contributed by atoms with Crippen LogP contribution in [-0.4, -0.2) is 74.3 Å². The first-order valence-electron chi connectivity index (χ1n) is 9.08. The van der Waals surface area contributed by atoms with Crippen molar-refractivity contribution >= 4 is 33.1 Å². The number of aromatic amines is 1. The van der Waals surface area contributed by atoms with E-state index in [1.54, 1.807) is 24.9 Å². The third-order valence-corrected chi connectivity index (χ3v) is 4.57. The van der Waals surface area contributed by atoms with Crippen molar-refractivity contribution in [1.29, 1.82) is 0 Å². The van der Waals surface area contributed by atoms with Gasteiger partial charge >= 0.3 is 6.18 Å². The molecule has 0 aliphatic carbocycles. The van der Waals surface area contributed by atoms with E-state index in [0.717, 1.165) is 18.0 Å². The molecule has 0 aliphatic heterocycles. The normalized spacial score (nSPS) is 14.9. The van der Waals surface area contributed by atoms with Gasteiger partial charge in [0.2, 0.25) is 6.41 Å². The molecule has 2 aromatic rings. The standard InChI is InChI=1S/C18H23B2F3N4O2/c1-11(29-12(2)18(21,22)23)6-16-25-14-5-4-13(7-15(14)26-16)8-27(3)17(19,20)9-24-10-28/h4-5,7,10-12H,6,8-9H2,1-3H3,(H,24,28)(H,25,26)/t11-,12?/m1/s1. The monoisotopic (exact) mass is 406 g/mol. The number of fused-ring (bicyclic) bond motifs is 1. The summed E-state index contributed by atoms with van der Waals surface area (Å²) < 4.78 is 42.9. The number of aromatic nitrogens is 2. The molecule has 0 bridgehead atoms. The highest BCUT2D eigenvalue weighted by atomic mass is 19.4. The Balaban J connectivity index is 2.05. The molecule has 29 heavy (non-hydrogen) atoms. The maximum Gasteiger partial charge on any atom is 0.414 e. The summed E-state index contributed by atoms with van der Waals surface area (Å²) >= 11 is 0. The summed E-state index contributed by atoms with van der Waals surface area (Å²) in [6.07, 6.45) is -6.15. The first-order valence-corrected chi connectivity index (χ1v) is 9.08. The Morgan fingerprint density at radius 1 is 1.34 bits per heavy atom. The van der Waals surface area contributed by atoms with Gasteiger partial charge in [-0.2, -0.15) is 13.2 Å². The number of hydrogen-bond acceptors (Lipinski definition) is 4. The molecule has 2 atom stereocenters. The topological polar surface area (TPSA) is 70.2 Å². The molecular weight excluding hydrogens is 383 g/mol. The fourth-order valence-corrected chi connectivity index (χ4v) is 2.81. The number of hydrogen-bond donors (Lipinski definition) is 2. The highest BCUT2D eigenvalue weighted by molar-refractivity contribution is 6.40. The molecule has 1 aromatic heterocycles. The summed E-state index contributed by atoms with van der Waals surface area (Å²) in [6.45, 7) is 3.06. The Bertz CT molecular complexity index is 829. The summed E-state index contributed by atoms with van der Waals surface area (Å²) in [6, 6.07) is 5.54. The summed E-state index contributed by atoms with van der Waals surface area (Å²) in [5.74, 6) is 0.537. The van der Waals surface area contributed by atoms with E-state index in [9.17, 15) is 18.0 Å². The predicted molar refractivity (Wildman–Crippen MR) is 106 cm³/mol. The number of imidazole rings is 1. The molecule has 1 unspecified atom stereocenters. The summed E-state index contributed by atoms with van der Waals surface area (Å²) in [7, 11) is 13.7. The minimum absolute atomic E-state index is 0.0810. The van der Waals surface area contributed by atoms with E-state index in [1.165, 1.54) is 0 Å². The van der Waals surface area contributed by atoms with Gasteiger partial charge in [-0.15, -0.1) is 0 Å². The molecule has 6 nitrogen and oxygen atoms in total. The van der Waals surface area contributed by atoms with Crippen LogP contribution in [-0.2, 0) is 22.5 Å². The Labute approximate surface area is 170 Å². The maximum atomic E-state index is 12.6. The van der Waals surface area contributed by atoms with E-state index in [2.05, 4.69) is 15.3 Å². The molecule has 0 saturated carbocycles. The second-order valence-corrected chi connectivity index (χ2v) is 7.22. The molecule has 4 radical (unpaired) electrons. The van der Waals surface area contributed by atoms with Crippen LogP contribution in [0.5, 0.6) is 0 Å². The average molecular weight is 406 g/mol. The third kappa shape index (κ3) is 6.50. The molecule has 0 aliphatic rings. The zero-order chi connectivity index (χ0) is 21.8. The Morgan fingerprint density at radius 2 is 2.03 bits per heavy atom. The zero-order valence-corrected chi connectivity index (χ0v) is 16.6. The van der Waals surface area contributed by atoms with Gasteiger partial charge in [-0.1, -0.05) is 6.07 Å². The van der Waals surface area contributed by atoms with Crippen molar-refractivity contribution in [3.05, 3.63) is 29.6 Å². The van der Waals surface area contributed by atoms with Crippen LogP contribution in [0.4, 0.5) is 13.2 Å². The van der Waals surface area contributed by atoms with Crippen molar-refractivity contribution in [1.82, 2.24) is 20.2 Å². The first kappa shape index (κ1) is 23.3. The van der Waals surface area contributed by atoms with Gasteiger partial charge in [-0.3, -0.25) is 4.79 Å². The summed E-state index contributed by atoms with van der Waals surface area (Å²) in [5, 5.41) is 1.23. The smallest absolute Gasteiger partial charge is 0.366 e. The van der Waals surface area contributed by atoms with E-state index in [4.69, 9.17) is 20.4 Å². The highest BCUT2D eigenvalue weighted by Gasteiger charge is 2.38. The first-order chi connectivity index (χ1) is 13.4. The van der Waals surface area contributed by atoms with Gasteiger partial charge in [0.15, 0.2) is 6.10 Å². The Hall–Kier alpha value is -2.00. The molecule has 1 amide bonds. The molecule has 154 valence electrons. The van der Waals surface area contributed by atoms with Gasteiger partial charge in [-0.05, 0) is 43.9 Å². The summed E-state index contributed by atoms with van der Waals surface area (Å²) in [5.41, 5.74) is 2.33. The number of halogens is 3. The minimum Gasteiger partial charge on any atom is -0.366 e. The number of alkyl halides is 3. The van der Waals surface area contributed by atoms with Gasteiger partial charge in [0.05, 0.1) is 32.8 Å². The molecule has 1 aromatic carbocycles. The number of amides is 1. The van der Waals surface area contributed by atoms with Gasteiger partial charge < -0.3 is 19.9 Å². The average Bonchev–Trinajstić information content (AvgIpc) is 3.00. The van der Waals surface area contributed by atoms with Crippen molar-refractivity contribution in [3.63, 3.8) is 0 Å². The molecule has 0 fully saturated rings.